The van der Waals surface area contributed by atoms with Crippen molar-refractivity contribution in [3.05, 3.63) is 75.8 Å². The highest BCUT2D eigenvalue weighted by atomic mass is 79.9. The van der Waals surface area contributed by atoms with Crippen LogP contribution < -0.4 is 29.1 Å². The average molecular weight is 557 g/mol. The molecular formula is C26H25BrN2O7. The van der Waals surface area contributed by atoms with Crippen molar-refractivity contribution >= 4 is 34.0 Å². The van der Waals surface area contributed by atoms with Crippen LogP contribution in [-0.2, 0) is 0 Å². The van der Waals surface area contributed by atoms with Crippen LogP contribution in [0.15, 0.2) is 64.2 Å². The van der Waals surface area contributed by atoms with Crippen LogP contribution in [-0.4, -0.2) is 46.0 Å². The van der Waals surface area contributed by atoms with Gasteiger partial charge < -0.3 is 23.7 Å². The second kappa shape index (κ2) is 12.6. The number of ether oxygens (including phenoxy) is 5. The van der Waals surface area contributed by atoms with Crippen molar-refractivity contribution in [3.8, 4) is 28.7 Å². The lowest BCUT2D eigenvalue weighted by Gasteiger charge is -2.13. The Hall–Kier alpha value is -4.05. The molecule has 0 aliphatic rings. The quantitative estimate of drug-likeness (QED) is 0.164. The molecule has 0 spiro atoms. The maximum Gasteiger partial charge on any atom is 0.343 e. The number of amides is 1. The Labute approximate surface area is 217 Å². The fourth-order valence-electron chi connectivity index (χ4n) is 3.16. The number of benzene rings is 3. The van der Waals surface area contributed by atoms with Gasteiger partial charge in [-0.2, -0.15) is 5.10 Å². The van der Waals surface area contributed by atoms with Gasteiger partial charge in [-0.3, -0.25) is 4.79 Å². The molecule has 0 atom stereocenters. The first-order chi connectivity index (χ1) is 17.4. The number of esters is 1. The highest BCUT2D eigenvalue weighted by molar-refractivity contribution is 9.10. The van der Waals surface area contributed by atoms with Crippen LogP contribution in [0.1, 0.15) is 33.2 Å². The highest BCUT2D eigenvalue weighted by Crippen LogP contribution is 2.38. The van der Waals surface area contributed by atoms with Gasteiger partial charge in [-0.05, 0) is 61.5 Å². The normalized spacial score (nSPS) is 10.6. The molecule has 188 valence electrons. The van der Waals surface area contributed by atoms with Crippen LogP contribution >= 0.6 is 15.9 Å². The monoisotopic (exact) mass is 556 g/mol. The summed E-state index contributed by atoms with van der Waals surface area (Å²) < 4.78 is 27.5. The van der Waals surface area contributed by atoms with Crippen molar-refractivity contribution in [2.45, 2.75) is 6.92 Å². The van der Waals surface area contributed by atoms with Gasteiger partial charge in [-0.25, -0.2) is 10.2 Å². The number of carbonyl (C=O) groups is 2. The minimum absolute atomic E-state index is 0.248. The molecule has 3 aromatic carbocycles. The minimum atomic E-state index is -0.545. The highest BCUT2D eigenvalue weighted by Gasteiger charge is 2.17. The van der Waals surface area contributed by atoms with Crippen LogP contribution in [0, 0.1) is 0 Å². The van der Waals surface area contributed by atoms with E-state index in [-0.39, 0.29) is 11.3 Å². The molecule has 1 amide bonds. The molecule has 0 unspecified atom stereocenters. The van der Waals surface area contributed by atoms with Crippen molar-refractivity contribution < 1.29 is 33.3 Å². The van der Waals surface area contributed by atoms with Gasteiger partial charge in [0.1, 0.15) is 11.5 Å². The number of hydrazone groups is 1. The fourth-order valence-corrected chi connectivity index (χ4v) is 3.54. The zero-order valence-corrected chi connectivity index (χ0v) is 21.7. The van der Waals surface area contributed by atoms with Gasteiger partial charge in [-0.15, -0.1) is 0 Å². The number of hydrogen-bond acceptors (Lipinski definition) is 8. The molecule has 0 radical (unpaired) electrons. The maximum absolute atomic E-state index is 12.7. The summed E-state index contributed by atoms with van der Waals surface area (Å²) in [6.45, 7) is 2.41. The van der Waals surface area contributed by atoms with E-state index < -0.39 is 11.9 Å². The summed E-state index contributed by atoms with van der Waals surface area (Å²) in [6.07, 6.45) is 1.38. The number of nitrogens with zero attached hydrogens (tertiary/aromatic N) is 1. The van der Waals surface area contributed by atoms with E-state index in [1.165, 1.54) is 39.7 Å². The Bertz CT molecular complexity index is 1230. The van der Waals surface area contributed by atoms with E-state index >= 15 is 0 Å². The SMILES string of the molecule is CCOc1ccc(C(=O)Oc2ccc(Br)cc2/C=N/NC(=O)c2cc(OC)c(OC)c(OC)c2)cc1. The van der Waals surface area contributed by atoms with E-state index in [0.29, 0.717) is 40.7 Å². The molecule has 0 saturated carbocycles. The van der Waals surface area contributed by atoms with E-state index in [9.17, 15) is 9.59 Å². The summed E-state index contributed by atoms with van der Waals surface area (Å²) in [5.74, 6) is 0.914. The van der Waals surface area contributed by atoms with Crippen molar-refractivity contribution in [1.29, 1.82) is 0 Å². The smallest absolute Gasteiger partial charge is 0.343 e. The number of rotatable bonds is 10. The molecular weight excluding hydrogens is 532 g/mol. The molecule has 0 fully saturated rings. The second-order valence-electron chi connectivity index (χ2n) is 7.14. The molecule has 36 heavy (non-hydrogen) atoms. The number of hydrogen-bond donors (Lipinski definition) is 1. The molecule has 0 saturated heterocycles. The van der Waals surface area contributed by atoms with Gasteiger partial charge in [0.15, 0.2) is 11.5 Å². The van der Waals surface area contributed by atoms with Gasteiger partial charge in [-0.1, -0.05) is 15.9 Å². The molecule has 0 aromatic heterocycles. The summed E-state index contributed by atoms with van der Waals surface area (Å²) in [4.78, 5) is 25.3. The van der Waals surface area contributed by atoms with E-state index in [0.717, 1.165) is 4.47 Å². The third-order valence-electron chi connectivity index (χ3n) is 4.87. The van der Waals surface area contributed by atoms with Gasteiger partial charge in [0, 0.05) is 15.6 Å². The second-order valence-corrected chi connectivity index (χ2v) is 8.06. The third kappa shape index (κ3) is 6.54. The number of methoxy groups -OCH3 is 3. The Morgan fingerprint density at radius 2 is 1.56 bits per heavy atom. The van der Waals surface area contributed by atoms with Crippen LogP contribution in [0.2, 0.25) is 0 Å². The summed E-state index contributed by atoms with van der Waals surface area (Å²) in [7, 11) is 4.39. The van der Waals surface area contributed by atoms with Crippen LogP contribution in [0.4, 0.5) is 0 Å². The van der Waals surface area contributed by atoms with E-state index in [2.05, 4.69) is 26.5 Å². The van der Waals surface area contributed by atoms with Crippen LogP contribution in [0.5, 0.6) is 28.7 Å². The van der Waals surface area contributed by atoms with Crippen molar-refractivity contribution in [1.82, 2.24) is 5.43 Å². The predicted molar refractivity (Wildman–Crippen MR) is 138 cm³/mol. The molecule has 3 rings (SSSR count). The van der Waals surface area contributed by atoms with Crippen molar-refractivity contribution in [2.24, 2.45) is 5.10 Å². The number of nitrogens with one attached hydrogen (secondary N) is 1. The molecule has 10 heteroatoms. The topological polar surface area (TPSA) is 105 Å². The minimum Gasteiger partial charge on any atom is -0.494 e. The summed E-state index contributed by atoms with van der Waals surface area (Å²) in [6, 6.07) is 14.7. The zero-order valence-electron chi connectivity index (χ0n) is 20.2. The first-order valence-electron chi connectivity index (χ1n) is 10.8. The van der Waals surface area contributed by atoms with Gasteiger partial charge >= 0.3 is 5.97 Å². The molecule has 0 aliphatic heterocycles. The largest absolute Gasteiger partial charge is 0.494 e. The van der Waals surface area contributed by atoms with E-state index in [4.69, 9.17) is 23.7 Å². The molecule has 9 nitrogen and oxygen atoms in total. The lowest BCUT2D eigenvalue weighted by Crippen LogP contribution is -2.18. The first-order valence-corrected chi connectivity index (χ1v) is 11.6. The predicted octanol–water partition coefficient (Wildman–Crippen LogP) is 4.86. The number of halogens is 1. The van der Waals surface area contributed by atoms with Crippen molar-refractivity contribution in [2.75, 3.05) is 27.9 Å². The molecule has 1 N–H and O–H groups in total. The fraction of sp³-hybridized carbons (Fsp3) is 0.192. The molecule has 3 aromatic rings. The Balaban J connectivity index is 1.76. The Kier molecular flexibility index (Phi) is 9.29. The lowest BCUT2D eigenvalue weighted by molar-refractivity contribution is 0.0734. The standard InChI is InChI=1S/C26H25BrN2O7/c1-5-35-20-9-6-16(7-10-20)26(31)36-21-11-8-19(27)12-18(21)15-28-29-25(30)17-13-22(32-2)24(34-4)23(14-17)33-3/h6-15H,5H2,1-4H3,(H,29,30)/b28-15+. The van der Waals surface area contributed by atoms with Gasteiger partial charge in [0.2, 0.25) is 5.75 Å². The number of carbonyl (C=O) groups excluding carboxylic acids is 2. The summed E-state index contributed by atoms with van der Waals surface area (Å²) >= 11 is 3.39. The lowest BCUT2D eigenvalue weighted by atomic mass is 10.1. The van der Waals surface area contributed by atoms with Crippen molar-refractivity contribution in [3.63, 3.8) is 0 Å². The first kappa shape index (κ1) is 26.6. The van der Waals surface area contributed by atoms with Crippen LogP contribution in [0.25, 0.3) is 0 Å². The maximum atomic E-state index is 12.7. The molecule has 0 heterocycles. The van der Waals surface area contributed by atoms with Gasteiger partial charge in [0.25, 0.3) is 5.91 Å². The summed E-state index contributed by atoms with van der Waals surface area (Å²) in [5, 5.41) is 4.02. The average Bonchev–Trinajstić information content (AvgIpc) is 2.89. The van der Waals surface area contributed by atoms with E-state index in [1.807, 2.05) is 6.92 Å². The molecule has 0 aliphatic carbocycles. The Morgan fingerprint density at radius 1 is 0.889 bits per heavy atom. The van der Waals surface area contributed by atoms with E-state index in [1.54, 1.807) is 42.5 Å². The molecule has 0 bridgehead atoms. The third-order valence-corrected chi connectivity index (χ3v) is 5.37. The van der Waals surface area contributed by atoms with Crippen LogP contribution in [0.3, 0.4) is 0 Å². The summed E-state index contributed by atoms with van der Waals surface area (Å²) in [5.41, 5.74) is 3.52. The zero-order chi connectivity index (χ0) is 26.1. The Morgan fingerprint density at radius 3 is 2.14 bits per heavy atom. The van der Waals surface area contributed by atoms with Gasteiger partial charge in [0.05, 0.1) is 39.7 Å².